The van der Waals surface area contributed by atoms with Crippen molar-refractivity contribution in [2.75, 3.05) is 14.2 Å². The van der Waals surface area contributed by atoms with E-state index in [2.05, 4.69) is 37.9 Å². The van der Waals surface area contributed by atoms with Gasteiger partial charge in [0.2, 0.25) is 0 Å². The third-order valence-electron chi connectivity index (χ3n) is 5.61. The molecule has 0 saturated heterocycles. The van der Waals surface area contributed by atoms with Crippen molar-refractivity contribution in [1.82, 2.24) is 4.98 Å². The highest BCUT2D eigenvalue weighted by molar-refractivity contribution is 5.60. The minimum atomic E-state index is 0.202. The van der Waals surface area contributed by atoms with Crippen molar-refractivity contribution >= 4 is 0 Å². The zero-order valence-electron chi connectivity index (χ0n) is 17.8. The molecule has 1 aromatic heterocycles. The second kappa shape index (κ2) is 10.7. The topological polar surface area (TPSA) is 55.1 Å². The molecule has 0 amide bonds. The molecule has 150 valence electrons. The third kappa shape index (κ3) is 4.84. The van der Waals surface area contributed by atoms with Crippen molar-refractivity contribution in [3.63, 3.8) is 0 Å². The number of ether oxygens (including phenoxy) is 2. The summed E-state index contributed by atoms with van der Waals surface area (Å²) in [6.07, 6.45) is 9.74. The van der Waals surface area contributed by atoms with Gasteiger partial charge in [0, 0.05) is 30.3 Å². The van der Waals surface area contributed by atoms with Gasteiger partial charge in [0.15, 0.2) is 0 Å². The Kier molecular flexibility index (Phi) is 8.32. The van der Waals surface area contributed by atoms with Crippen molar-refractivity contribution in [2.24, 2.45) is 0 Å². The highest BCUT2D eigenvalue weighted by Gasteiger charge is 2.26. The molecule has 1 aromatic carbocycles. The van der Waals surface area contributed by atoms with Crippen molar-refractivity contribution in [2.45, 2.75) is 65.2 Å². The molecule has 0 saturated carbocycles. The summed E-state index contributed by atoms with van der Waals surface area (Å²) in [6, 6.07) is 6.37. The number of rotatable bonds is 10. The van der Waals surface area contributed by atoms with Crippen LogP contribution in [0.2, 0.25) is 0 Å². The minimum Gasteiger partial charge on any atom is -0.496 e. The molecule has 0 radical (unpaired) electrons. The van der Waals surface area contributed by atoms with Crippen molar-refractivity contribution in [3.8, 4) is 17.6 Å². The normalized spacial score (nSPS) is 11.7. The lowest BCUT2D eigenvalue weighted by Crippen LogP contribution is -2.10. The minimum absolute atomic E-state index is 0.202. The average Bonchev–Trinajstić information content (AvgIpc) is 2.72. The molecule has 0 aliphatic heterocycles. The first kappa shape index (κ1) is 21.8. The van der Waals surface area contributed by atoms with E-state index in [1.54, 1.807) is 14.2 Å². The Morgan fingerprint density at radius 3 is 2.25 bits per heavy atom. The van der Waals surface area contributed by atoms with Crippen LogP contribution in [0.1, 0.15) is 72.3 Å². The van der Waals surface area contributed by atoms with Crippen molar-refractivity contribution < 1.29 is 9.47 Å². The number of methoxy groups -OCH3 is 2. The third-order valence-corrected chi connectivity index (χ3v) is 5.61. The summed E-state index contributed by atoms with van der Waals surface area (Å²) in [5.41, 5.74) is 5.80. The van der Waals surface area contributed by atoms with E-state index in [-0.39, 0.29) is 5.92 Å². The van der Waals surface area contributed by atoms with Crippen molar-refractivity contribution in [3.05, 3.63) is 52.3 Å². The Balaban J connectivity index is 2.43. The second-order valence-electron chi connectivity index (χ2n) is 7.31. The van der Waals surface area contributed by atoms with Crippen LogP contribution in [0.4, 0.5) is 0 Å². The molecule has 1 heterocycles. The van der Waals surface area contributed by atoms with Gasteiger partial charge in [-0.3, -0.25) is 4.98 Å². The monoisotopic (exact) mass is 380 g/mol. The summed E-state index contributed by atoms with van der Waals surface area (Å²) >= 11 is 0. The number of aromatic nitrogens is 1. The van der Waals surface area contributed by atoms with Crippen LogP contribution in [0.3, 0.4) is 0 Å². The molecule has 1 atom stereocenters. The van der Waals surface area contributed by atoms with Crippen LogP contribution < -0.4 is 9.47 Å². The molecule has 1 unspecified atom stereocenters. The predicted octanol–water partition coefficient (Wildman–Crippen LogP) is 6.02. The Hall–Kier alpha value is -2.54. The number of nitriles is 1. The SMILES string of the molecule is COc1c(C)c(C)c(OC)c(C(CCCCCCC#N)c2cccnc2)c1C. The van der Waals surface area contributed by atoms with Gasteiger partial charge in [-0.05, 0) is 61.9 Å². The summed E-state index contributed by atoms with van der Waals surface area (Å²) < 4.78 is 11.6. The Morgan fingerprint density at radius 2 is 1.64 bits per heavy atom. The first-order valence-corrected chi connectivity index (χ1v) is 10.0. The van der Waals surface area contributed by atoms with E-state index in [4.69, 9.17) is 14.7 Å². The molecule has 4 nitrogen and oxygen atoms in total. The summed E-state index contributed by atoms with van der Waals surface area (Å²) in [6.45, 7) is 6.31. The Labute approximate surface area is 169 Å². The second-order valence-corrected chi connectivity index (χ2v) is 7.31. The maximum absolute atomic E-state index is 8.71. The van der Waals surface area contributed by atoms with Crippen LogP contribution in [0.25, 0.3) is 0 Å². The fourth-order valence-electron chi connectivity index (χ4n) is 4.07. The number of benzene rings is 1. The molecule has 0 bridgehead atoms. The molecule has 0 N–H and O–H groups in total. The fourth-order valence-corrected chi connectivity index (χ4v) is 4.07. The van der Waals surface area contributed by atoms with Crippen LogP contribution in [0, 0.1) is 32.1 Å². The fraction of sp³-hybridized carbons (Fsp3) is 0.500. The van der Waals surface area contributed by atoms with Crippen molar-refractivity contribution in [1.29, 1.82) is 5.26 Å². The number of pyridine rings is 1. The molecular weight excluding hydrogens is 348 g/mol. The van der Waals surface area contributed by atoms with Crippen LogP contribution in [-0.2, 0) is 0 Å². The van der Waals surface area contributed by atoms with Crippen LogP contribution in [-0.4, -0.2) is 19.2 Å². The molecular formula is C24H32N2O2. The van der Waals surface area contributed by atoms with Gasteiger partial charge in [-0.15, -0.1) is 0 Å². The van der Waals surface area contributed by atoms with Gasteiger partial charge in [-0.1, -0.05) is 25.3 Å². The van der Waals surface area contributed by atoms with Crippen LogP contribution in [0.15, 0.2) is 24.5 Å². The molecule has 0 fully saturated rings. The first-order valence-electron chi connectivity index (χ1n) is 10.0. The summed E-state index contributed by atoms with van der Waals surface area (Å²) in [5, 5.41) is 8.71. The Bertz CT molecular complexity index is 810. The standard InChI is InChI=1S/C24H32N2O2/c1-17-18(2)24(28-5)22(19(3)23(17)27-4)21(20-12-11-15-26-16-20)13-9-7-6-8-10-14-25/h11-12,15-16,21H,6-10,13H2,1-5H3. The van der Waals surface area contributed by atoms with E-state index in [0.29, 0.717) is 6.42 Å². The molecule has 4 heteroatoms. The van der Waals surface area contributed by atoms with E-state index in [1.807, 2.05) is 18.5 Å². The smallest absolute Gasteiger partial charge is 0.126 e. The summed E-state index contributed by atoms with van der Waals surface area (Å²) in [7, 11) is 3.48. The van der Waals surface area contributed by atoms with E-state index in [0.717, 1.165) is 60.3 Å². The Morgan fingerprint density at radius 1 is 0.964 bits per heavy atom. The van der Waals surface area contributed by atoms with E-state index < -0.39 is 0 Å². The molecule has 0 spiro atoms. The number of hydrogen-bond donors (Lipinski definition) is 0. The van der Waals surface area contributed by atoms with Gasteiger partial charge < -0.3 is 9.47 Å². The van der Waals surface area contributed by atoms with Crippen LogP contribution in [0.5, 0.6) is 11.5 Å². The van der Waals surface area contributed by atoms with E-state index in [9.17, 15) is 0 Å². The molecule has 0 aliphatic carbocycles. The number of hydrogen-bond acceptors (Lipinski definition) is 4. The highest BCUT2D eigenvalue weighted by Crippen LogP contribution is 2.45. The lowest BCUT2D eigenvalue weighted by molar-refractivity contribution is 0.387. The van der Waals surface area contributed by atoms with E-state index in [1.165, 1.54) is 11.1 Å². The maximum Gasteiger partial charge on any atom is 0.126 e. The van der Waals surface area contributed by atoms with Gasteiger partial charge in [0.05, 0.1) is 20.3 Å². The quantitative estimate of drug-likeness (QED) is 0.473. The zero-order valence-corrected chi connectivity index (χ0v) is 17.8. The highest BCUT2D eigenvalue weighted by atomic mass is 16.5. The van der Waals surface area contributed by atoms with Gasteiger partial charge in [0.1, 0.15) is 11.5 Å². The number of unbranched alkanes of at least 4 members (excludes halogenated alkanes) is 4. The van der Waals surface area contributed by atoms with Gasteiger partial charge >= 0.3 is 0 Å². The van der Waals surface area contributed by atoms with E-state index >= 15 is 0 Å². The zero-order chi connectivity index (χ0) is 20.5. The lowest BCUT2D eigenvalue weighted by atomic mass is 9.82. The van der Waals surface area contributed by atoms with Gasteiger partial charge in [0.25, 0.3) is 0 Å². The van der Waals surface area contributed by atoms with Gasteiger partial charge in [-0.2, -0.15) is 5.26 Å². The first-order chi connectivity index (χ1) is 13.6. The average molecular weight is 381 g/mol. The lowest BCUT2D eigenvalue weighted by Gasteiger charge is -2.26. The van der Waals surface area contributed by atoms with Crippen LogP contribution >= 0.6 is 0 Å². The maximum atomic E-state index is 8.71. The molecule has 28 heavy (non-hydrogen) atoms. The molecule has 2 aromatic rings. The summed E-state index contributed by atoms with van der Waals surface area (Å²) in [4.78, 5) is 4.36. The largest absolute Gasteiger partial charge is 0.496 e. The number of nitrogens with zero attached hydrogens (tertiary/aromatic N) is 2. The van der Waals surface area contributed by atoms with Gasteiger partial charge in [-0.25, -0.2) is 0 Å². The molecule has 2 rings (SSSR count). The predicted molar refractivity (Wildman–Crippen MR) is 113 cm³/mol. The molecule has 0 aliphatic rings. The summed E-state index contributed by atoms with van der Waals surface area (Å²) in [5.74, 6) is 2.10.